The molecule has 1 N–H and O–H groups in total. The molecular weight excluding hydrogens is 318 g/mol. The number of carbonyl (C=O) groups excluding carboxylic acids is 1. The van der Waals surface area contributed by atoms with Gasteiger partial charge in [-0.2, -0.15) is 0 Å². The Labute approximate surface area is 146 Å². The topological polar surface area (TPSA) is 75.5 Å². The fourth-order valence-electron chi connectivity index (χ4n) is 2.41. The van der Waals surface area contributed by atoms with Crippen molar-refractivity contribution in [2.45, 2.75) is 13.8 Å². The Hall–Kier alpha value is -3.15. The first-order chi connectivity index (χ1) is 12.0. The molecule has 130 valence electrons. The van der Waals surface area contributed by atoms with Gasteiger partial charge in [-0.25, -0.2) is 0 Å². The number of amides is 1. The number of nitrogens with zero attached hydrogens (tertiary/aromatic N) is 2. The van der Waals surface area contributed by atoms with Gasteiger partial charge in [-0.05, 0) is 61.9 Å². The van der Waals surface area contributed by atoms with Crippen molar-refractivity contribution in [3.8, 4) is 0 Å². The SMILES string of the molecule is CCN(CC)c1ccc(NC(=O)C=Cc2ccc([N+](=O)[O-])cc2)cc1. The molecule has 1 amide bonds. The molecule has 0 aliphatic carbocycles. The first-order valence-corrected chi connectivity index (χ1v) is 8.12. The molecule has 0 saturated carbocycles. The first-order valence-electron chi connectivity index (χ1n) is 8.12. The number of anilines is 2. The minimum atomic E-state index is -0.456. The van der Waals surface area contributed by atoms with Gasteiger partial charge in [0.2, 0.25) is 5.91 Å². The van der Waals surface area contributed by atoms with Crippen LogP contribution in [0.5, 0.6) is 0 Å². The maximum absolute atomic E-state index is 12.0. The maximum atomic E-state index is 12.0. The molecule has 0 aliphatic rings. The van der Waals surface area contributed by atoms with Crippen LogP contribution < -0.4 is 10.2 Å². The summed E-state index contributed by atoms with van der Waals surface area (Å²) in [6.07, 6.45) is 3.02. The van der Waals surface area contributed by atoms with Crippen LogP contribution in [0.3, 0.4) is 0 Å². The van der Waals surface area contributed by atoms with Gasteiger partial charge in [0.05, 0.1) is 4.92 Å². The van der Waals surface area contributed by atoms with E-state index in [4.69, 9.17) is 0 Å². The quantitative estimate of drug-likeness (QED) is 0.468. The lowest BCUT2D eigenvalue weighted by molar-refractivity contribution is -0.384. The second-order valence-corrected chi connectivity index (χ2v) is 5.39. The summed E-state index contributed by atoms with van der Waals surface area (Å²) in [5.41, 5.74) is 2.58. The van der Waals surface area contributed by atoms with Gasteiger partial charge in [-0.1, -0.05) is 0 Å². The van der Waals surface area contributed by atoms with Crippen molar-refractivity contribution in [2.75, 3.05) is 23.3 Å². The van der Waals surface area contributed by atoms with Gasteiger partial charge in [0, 0.05) is 42.7 Å². The lowest BCUT2D eigenvalue weighted by Gasteiger charge is -2.21. The summed E-state index contributed by atoms with van der Waals surface area (Å²) >= 11 is 0. The van der Waals surface area contributed by atoms with Gasteiger partial charge >= 0.3 is 0 Å². The number of rotatable bonds is 7. The summed E-state index contributed by atoms with van der Waals surface area (Å²) in [7, 11) is 0. The molecule has 0 unspecified atom stereocenters. The Morgan fingerprint density at radius 2 is 1.68 bits per heavy atom. The van der Waals surface area contributed by atoms with E-state index >= 15 is 0 Å². The zero-order valence-corrected chi connectivity index (χ0v) is 14.3. The Morgan fingerprint density at radius 1 is 1.08 bits per heavy atom. The number of nitro benzene ring substituents is 1. The van der Waals surface area contributed by atoms with Crippen molar-refractivity contribution < 1.29 is 9.72 Å². The molecule has 0 fully saturated rings. The molecule has 0 atom stereocenters. The summed E-state index contributed by atoms with van der Waals surface area (Å²) in [5.74, 6) is -0.256. The normalized spacial score (nSPS) is 10.6. The van der Waals surface area contributed by atoms with Crippen LogP contribution in [-0.2, 0) is 4.79 Å². The predicted molar refractivity (Wildman–Crippen MR) is 101 cm³/mol. The third-order valence-corrected chi connectivity index (χ3v) is 3.79. The Kier molecular flexibility index (Phi) is 6.28. The zero-order chi connectivity index (χ0) is 18.2. The fourth-order valence-corrected chi connectivity index (χ4v) is 2.41. The Balaban J connectivity index is 1.96. The smallest absolute Gasteiger partial charge is 0.269 e. The second kappa shape index (κ2) is 8.63. The molecule has 0 heterocycles. The van der Waals surface area contributed by atoms with Crippen molar-refractivity contribution in [3.05, 3.63) is 70.3 Å². The van der Waals surface area contributed by atoms with Crippen LogP contribution in [-0.4, -0.2) is 23.9 Å². The maximum Gasteiger partial charge on any atom is 0.269 e. The number of hydrogen-bond donors (Lipinski definition) is 1. The van der Waals surface area contributed by atoms with E-state index in [0.29, 0.717) is 5.69 Å². The molecule has 0 saturated heterocycles. The van der Waals surface area contributed by atoms with Crippen molar-refractivity contribution >= 4 is 29.0 Å². The number of non-ortho nitro benzene ring substituents is 1. The Bertz CT molecular complexity index is 748. The number of hydrogen-bond acceptors (Lipinski definition) is 4. The summed E-state index contributed by atoms with van der Waals surface area (Å²) in [5, 5.41) is 13.4. The highest BCUT2D eigenvalue weighted by atomic mass is 16.6. The van der Waals surface area contributed by atoms with Crippen LogP contribution in [0.25, 0.3) is 6.08 Å². The monoisotopic (exact) mass is 339 g/mol. The van der Waals surface area contributed by atoms with E-state index in [0.717, 1.165) is 24.3 Å². The average Bonchev–Trinajstić information content (AvgIpc) is 2.63. The highest BCUT2D eigenvalue weighted by Crippen LogP contribution is 2.18. The molecule has 2 aromatic rings. The van der Waals surface area contributed by atoms with Crippen LogP contribution in [0.4, 0.5) is 17.1 Å². The fraction of sp³-hybridized carbons (Fsp3) is 0.211. The molecule has 0 aromatic heterocycles. The number of carbonyl (C=O) groups is 1. The van der Waals surface area contributed by atoms with Crippen LogP contribution >= 0.6 is 0 Å². The third-order valence-electron chi connectivity index (χ3n) is 3.79. The number of nitro groups is 1. The predicted octanol–water partition coefficient (Wildman–Crippen LogP) is 4.09. The first kappa shape index (κ1) is 18.2. The third kappa shape index (κ3) is 5.17. The molecule has 2 rings (SSSR count). The van der Waals surface area contributed by atoms with Crippen molar-refractivity contribution in [1.82, 2.24) is 0 Å². The van der Waals surface area contributed by atoms with Gasteiger partial charge in [0.15, 0.2) is 0 Å². The van der Waals surface area contributed by atoms with E-state index in [1.807, 2.05) is 24.3 Å². The summed E-state index contributed by atoms with van der Waals surface area (Å²) in [6, 6.07) is 13.7. The van der Waals surface area contributed by atoms with Crippen LogP contribution in [0.1, 0.15) is 19.4 Å². The molecule has 0 spiro atoms. The van der Waals surface area contributed by atoms with Gasteiger partial charge < -0.3 is 10.2 Å². The molecule has 2 aromatic carbocycles. The molecule has 6 nitrogen and oxygen atoms in total. The lowest BCUT2D eigenvalue weighted by Crippen LogP contribution is -2.21. The molecule has 0 bridgehead atoms. The zero-order valence-electron chi connectivity index (χ0n) is 14.3. The van der Waals surface area contributed by atoms with E-state index in [1.54, 1.807) is 18.2 Å². The Morgan fingerprint density at radius 3 is 2.20 bits per heavy atom. The highest BCUT2D eigenvalue weighted by Gasteiger charge is 2.04. The van der Waals surface area contributed by atoms with E-state index in [-0.39, 0.29) is 11.6 Å². The number of benzene rings is 2. The molecule has 0 aliphatic heterocycles. The number of nitrogens with one attached hydrogen (secondary N) is 1. The highest BCUT2D eigenvalue weighted by molar-refractivity contribution is 6.02. The van der Waals surface area contributed by atoms with E-state index < -0.39 is 4.92 Å². The lowest BCUT2D eigenvalue weighted by atomic mass is 10.2. The summed E-state index contributed by atoms with van der Waals surface area (Å²) < 4.78 is 0. The molecule has 25 heavy (non-hydrogen) atoms. The van der Waals surface area contributed by atoms with Crippen molar-refractivity contribution in [2.24, 2.45) is 0 Å². The van der Waals surface area contributed by atoms with E-state index in [2.05, 4.69) is 24.1 Å². The summed E-state index contributed by atoms with van der Waals surface area (Å²) in [6.45, 7) is 6.06. The van der Waals surface area contributed by atoms with E-state index in [9.17, 15) is 14.9 Å². The second-order valence-electron chi connectivity index (χ2n) is 5.39. The van der Waals surface area contributed by atoms with E-state index in [1.165, 1.54) is 18.2 Å². The van der Waals surface area contributed by atoms with Gasteiger partial charge in [-0.15, -0.1) is 0 Å². The van der Waals surface area contributed by atoms with Gasteiger partial charge in [0.25, 0.3) is 5.69 Å². The van der Waals surface area contributed by atoms with Crippen LogP contribution in [0.2, 0.25) is 0 Å². The average molecular weight is 339 g/mol. The minimum Gasteiger partial charge on any atom is -0.372 e. The van der Waals surface area contributed by atoms with Crippen molar-refractivity contribution in [1.29, 1.82) is 0 Å². The van der Waals surface area contributed by atoms with Gasteiger partial charge in [0.1, 0.15) is 0 Å². The molecular formula is C19H21N3O3. The van der Waals surface area contributed by atoms with Gasteiger partial charge in [-0.3, -0.25) is 14.9 Å². The van der Waals surface area contributed by atoms with Crippen LogP contribution in [0.15, 0.2) is 54.6 Å². The largest absolute Gasteiger partial charge is 0.372 e. The summed E-state index contributed by atoms with van der Waals surface area (Å²) in [4.78, 5) is 24.3. The standard InChI is InChI=1S/C19H21N3O3/c1-3-21(4-2)17-12-8-16(9-13-17)20-19(23)14-7-15-5-10-18(11-6-15)22(24)25/h5-14H,3-4H2,1-2H3,(H,20,23). The minimum absolute atomic E-state index is 0.0230. The molecule has 0 radical (unpaired) electrons. The molecule has 6 heteroatoms. The van der Waals surface area contributed by atoms with Crippen LogP contribution in [0, 0.1) is 10.1 Å². The van der Waals surface area contributed by atoms with Crippen molar-refractivity contribution in [3.63, 3.8) is 0 Å².